The molecule has 0 amide bonds. The van der Waals surface area contributed by atoms with Crippen LogP contribution in [0.15, 0.2) is 18.2 Å². The molecule has 19 heavy (non-hydrogen) atoms. The van der Waals surface area contributed by atoms with E-state index in [1.54, 1.807) is 32.0 Å². The highest BCUT2D eigenvalue weighted by molar-refractivity contribution is 5.90. The molecule has 1 aromatic rings. The molecule has 0 fully saturated rings. The third-order valence-electron chi connectivity index (χ3n) is 3.08. The van der Waals surface area contributed by atoms with Crippen LogP contribution in [0.3, 0.4) is 0 Å². The van der Waals surface area contributed by atoms with Crippen LogP contribution >= 0.6 is 0 Å². The van der Waals surface area contributed by atoms with Gasteiger partial charge in [0.25, 0.3) is 6.54 Å². The van der Waals surface area contributed by atoms with E-state index < -0.39 is 22.7 Å². The van der Waals surface area contributed by atoms with Crippen LogP contribution < -0.4 is 9.47 Å². The maximum Gasteiger partial charge on any atom is 0.262 e. The van der Waals surface area contributed by atoms with Crippen LogP contribution in [0.2, 0.25) is 0 Å². The summed E-state index contributed by atoms with van der Waals surface area (Å²) in [6, 6.07) is 5.05. The number of Topliss-reactive ketones (excluding diaryl/α,β-unsaturated/α-hetero) is 1. The Morgan fingerprint density at radius 3 is 2.32 bits per heavy atom. The molecule has 0 saturated heterocycles. The normalized spacial score (nSPS) is 10.9. The van der Waals surface area contributed by atoms with Gasteiger partial charge in [-0.2, -0.15) is 0 Å². The summed E-state index contributed by atoms with van der Waals surface area (Å²) in [5, 5.41) is 10.5. The maximum atomic E-state index is 11.9. The Balaban J connectivity index is 3.14. The summed E-state index contributed by atoms with van der Waals surface area (Å²) in [6.45, 7) is 2.61. The second kappa shape index (κ2) is 5.69. The number of ketones is 1. The lowest BCUT2D eigenvalue weighted by Crippen LogP contribution is -2.34. The second-order valence-electron chi connectivity index (χ2n) is 4.61. The smallest absolute Gasteiger partial charge is 0.262 e. The Labute approximate surface area is 111 Å². The first-order valence-corrected chi connectivity index (χ1v) is 5.70. The summed E-state index contributed by atoms with van der Waals surface area (Å²) in [6.07, 6.45) is 0. The molecule has 6 nitrogen and oxygen atoms in total. The number of carbonyl (C=O) groups excluding carboxylic acids is 1. The number of ether oxygens (including phenoxy) is 2. The molecule has 0 saturated carbocycles. The highest BCUT2D eigenvalue weighted by Gasteiger charge is 2.33. The second-order valence-corrected chi connectivity index (χ2v) is 4.61. The van der Waals surface area contributed by atoms with E-state index in [0.29, 0.717) is 17.1 Å². The number of methoxy groups -OCH3 is 2. The zero-order chi connectivity index (χ0) is 14.6. The van der Waals surface area contributed by atoms with Crippen molar-refractivity contribution in [2.45, 2.75) is 19.3 Å². The summed E-state index contributed by atoms with van der Waals surface area (Å²) >= 11 is 0. The molecule has 0 spiro atoms. The van der Waals surface area contributed by atoms with Crippen molar-refractivity contribution in [2.75, 3.05) is 20.8 Å². The van der Waals surface area contributed by atoms with E-state index in [1.807, 2.05) is 0 Å². The van der Waals surface area contributed by atoms with E-state index in [4.69, 9.17) is 9.47 Å². The molecule has 0 aromatic heterocycles. The van der Waals surface area contributed by atoms with Crippen molar-refractivity contribution in [3.05, 3.63) is 33.9 Å². The minimum absolute atomic E-state index is 0.454. The Morgan fingerprint density at radius 2 is 1.84 bits per heavy atom. The number of nitrogens with zero attached hydrogens (tertiary/aromatic N) is 1. The summed E-state index contributed by atoms with van der Waals surface area (Å²) in [5.41, 5.74) is -0.302. The van der Waals surface area contributed by atoms with E-state index in [2.05, 4.69) is 0 Å². The third-order valence-corrected chi connectivity index (χ3v) is 3.08. The van der Waals surface area contributed by atoms with Crippen LogP contribution in [0, 0.1) is 10.1 Å². The lowest BCUT2D eigenvalue weighted by atomic mass is 9.80. The Hall–Kier alpha value is -2.11. The van der Waals surface area contributed by atoms with Crippen LogP contribution in [0.4, 0.5) is 0 Å². The number of hydrogen-bond acceptors (Lipinski definition) is 5. The molecule has 0 atom stereocenters. The highest BCUT2D eigenvalue weighted by atomic mass is 16.6. The van der Waals surface area contributed by atoms with Gasteiger partial charge in [0.05, 0.1) is 19.6 Å². The van der Waals surface area contributed by atoms with E-state index >= 15 is 0 Å². The van der Waals surface area contributed by atoms with Crippen molar-refractivity contribution in [3.8, 4) is 11.5 Å². The lowest BCUT2D eigenvalue weighted by molar-refractivity contribution is -0.468. The number of hydrogen-bond donors (Lipinski definition) is 0. The van der Waals surface area contributed by atoms with Crippen molar-refractivity contribution in [1.82, 2.24) is 0 Å². The van der Waals surface area contributed by atoms with Crippen LogP contribution in [-0.4, -0.2) is 31.5 Å². The van der Waals surface area contributed by atoms with Crippen molar-refractivity contribution >= 4 is 5.78 Å². The molecule has 1 rings (SSSR count). The predicted molar refractivity (Wildman–Crippen MR) is 69.4 cm³/mol. The maximum absolute atomic E-state index is 11.9. The van der Waals surface area contributed by atoms with Gasteiger partial charge in [-0.15, -0.1) is 0 Å². The third kappa shape index (κ3) is 3.21. The number of rotatable bonds is 6. The fraction of sp³-hybridized carbons (Fsp3) is 0.462. The van der Waals surface area contributed by atoms with Gasteiger partial charge in [-0.25, -0.2) is 0 Å². The number of nitro groups is 1. The summed E-state index contributed by atoms with van der Waals surface area (Å²) in [5.74, 6) is 0.579. The molecule has 0 unspecified atom stereocenters. The molecule has 1 aromatic carbocycles. The molecule has 0 aliphatic heterocycles. The first-order chi connectivity index (χ1) is 8.82. The SMILES string of the molecule is COc1ccc(C(C)(C)C(=O)C[N+](=O)[O-])cc1OC. The average Bonchev–Trinajstić information content (AvgIpc) is 2.36. The predicted octanol–water partition coefficient (Wildman–Crippen LogP) is 1.83. The average molecular weight is 267 g/mol. The van der Waals surface area contributed by atoms with Gasteiger partial charge in [0, 0.05) is 4.92 Å². The monoisotopic (exact) mass is 267 g/mol. The molecular weight excluding hydrogens is 250 g/mol. The van der Waals surface area contributed by atoms with Gasteiger partial charge in [-0.3, -0.25) is 14.9 Å². The van der Waals surface area contributed by atoms with Gasteiger partial charge < -0.3 is 9.47 Å². The zero-order valence-electron chi connectivity index (χ0n) is 11.4. The summed E-state index contributed by atoms with van der Waals surface area (Å²) in [4.78, 5) is 21.7. The van der Waals surface area contributed by atoms with E-state index in [9.17, 15) is 14.9 Å². The minimum atomic E-state index is -0.952. The van der Waals surface area contributed by atoms with E-state index in [0.717, 1.165) is 0 Å². The molecule has 0 heterocycles. The molecule has 104 valence electrons. The number of carbonyl (C=O) groups is 1. The first kappa shape index (κ1) is 14.9. The van der Waals surface area contributed by atoms with E-state index in [1.165, 1.54) is 14.2 Å². The quantitative estimate of drug-likeness (QED) is 0.580. The Morgan fingerprint density at radius 1 is 1.26 bits per heavy atom. The molecule has 6 heteroatoms. The number of benzene rings is 1. The van der Waals surface area contributed by atoms with Crippen LogP contribution in [0.1, 0.15) is 19.4 Å². The van der Waals surface area contributed by atoms with Gasteiger partial charge >= 0.3 is 0 Å². The van der Waals surface area contributed by atoms with Crippen molar-refractivity contribution in [2.24, 2.45) is 0 Å². The fourth-order valence-corrected chi connectivity index (χ4v) is 1.70. The van der Waals surface area contributed by atoms with Gasteiger partial charge in [0.2, 0.25) is 5.78 Å². The molecule has 0 aliphatic carbocycles. The lowest BCUT2D eigenvalue weighted by Gasteiger charge is -2.22. The molecule has 0 aliphatic rings. The van der Waals surface area contributed by atoms with Crippen LogP contribution in [0.25, 0.3) is 0 Å². The van der Waals surface area contributed by atoms with Gasteiger partial charge in [0.1, 0.15) is 0 Å². The standard InChI is InChI=1S/C13H17NO5/c1-13(2,12(15)8-14(16)17)9-5-6-10(18-3)11(7-9)19-4/h5-7H,8H2,1-4H3. The van der Waals surface area contributed by atoms with Gasteiger partial charge in [0.15, 0.2) is 11.5 Å². The minimum Gasteiger partial charge on any atom is -0.493 e. The van der Waals surface area contributed by atoms with Crippen molar-refractivity contribution in [3.63, 3.8) is 0 Å². The largest absolute Gasteiger partial charge is 0.493 e. The molecular formula is C13H17NO5. The zero-order valence-corrected chi connectivity index (χ0v) is 11.4. The Kier molecular flexibility index (Phi) is 4.47. The topological polar surface area (TPSA) is 78.7 Å². The fourth-order valence-electron chi connectivity index (χ4n) is 1.70. The first-order valence-electron chi connectivity index (χ1n) is 5.70. The Bertz CT molecular complexity index is 496. The van der Waals surface area contributed by atoms with Crippen LogP contribution in [0.5, 0.6) is 11.5 Å². The molecule has 0 N–H and O–H groups in total. The van der Waals surface area contributed by atoms with Gasteiger partial charge in [-0.05, 0) is 31.5 Å². The highest BCUT2D eigenvalue weighted by Crippen LogP contribution is 2.33. The molecule has 0 radical (unpaired) electrons. The summed E-state index contributed by atoms with van der Waals surface area (Å²) < 4.78 is 10.3. The van der Waals surface area contributed by atoms with Gasteiger partial charge in [-0.1, -0.05) is 6.07 Å². The van der Waals surface area contributed by atoms with E-state index in [-0.39, 0.29) is 0 Å². The van der Waals surface area contributed by atoms with Crippen molar-refractivity contribution < 1.29 is 19.2 Å². The van der Waals surface area contributed by atoms with Crippen molar-refractivity contribution in [1.29, 1.82) is 0 Å². The molecule has 0 bridgehead atoms. The summed E-state index contributed by atoms with van der Waals surface area (Å²) in [7, 11) is 3.01. The van der Waals surface area contributed by atoms with Crippen LogP contribution in [-0.2, 0) is 10.2 Å².